The van der Waals surface area contributed by atoms with Crippen molar-refractivity contribution in [3.05, 3.63) is 62.6 Å². The highest BCUT2D eigenvalue weighted by Gasteiger charge is 2.29. The average molecular weight is 449 g/mol. The van der Waals surface area contributed by atoms with E-state index in [0.29, 0.717) is 23.8 Å². The van der Waals surface area contributed by atoms with Gasteiger partial charge in [0.25, 0.3) is 11.1 Å². The first-order chi connectivity index (χ1) is 16.2. The second-order valence-corrected chi connectivity index (χ2v) is 9.30. The minimum absolute atomic E-state index is 0.0375. The fraction of sp³-hybridized carbons (Fsp3) is 0.500. The van der Waals surface area contributed by atoms with Crippen LogP contribution in [-0.2, 0) is 19.5 Å². The van der Waals surface area contributed by atoms with Gasteiger partial charge in [-0.1, -0.05) is 0 Å². The van der Waals surface area contributed by atoms with Crippen LogP contribution in [0, 0.1) is 0 Å². The average Bonchev–Trinajstić information content (AvgIpc) is 3.23. The minimum Gasteiger partial charge on any atom is -0.492 e. The van der Waals surface area contributed by atoms with Crippen LogP contribution in [0.25, 0.3) is 11.2 Å². The summed E-state index contributed by atoms with van der Waals surface area (Å²) in [4.78, 5) is 36.1. The third-order valence-electron chi connectivity index (χ3n) is 7.15. The van der Waals surface area contributed by atoms with E-state index in [2.05, 4.69) is 26.3 Å². The zero-order valence-electron chi connectivity index (χ0n) is 18.6. The molecule has 1 fully saturated rings. The van der Waals surface area contributed by atoms with Gasteiger partial charge in [0, 0.05) is 31.7 Å². The molecule has 0 radical (unpaired) electrons. The Hall–Kier alpha value is -3.04. The number of nitrogens with one attached hydrogen (secondary N) is 1. The summed E-state index contributed by atoms with van der Waals surface area (Å²) in [6.07, 6.45) is 7.44. The van der Waals surface area contributed by atoms with Gasteiger partial charge < -0.3 is 15.0 Å². The largest absolute Gasteiger partial charge is 0.492 e. The van der Waals surface area contributed by atoms with Crippen LogP contribution in [0.1, 0.15) is 36.6 Å². The molecule has 1 saturated heterocycles. The SMILES string of the molecule is O=c1cnc2ccc(=O)n3c2n1CC3CN1CCC(NCc2cc3c(cn2)OCCC3)CC1. The molecule has 172 valence electrons. The van der Waals surface area contributed by atoms with Gasteiger partial charge in [0.1, 0.15) is 16.9 Å². The van der Waals surface area contributed by atoms with E-state index in [9.17, 15) is 9.59 Å². The van der Waals surface area contributed by atoms with Crippen molar-refractivity contribution < 1.29 is 4.74 Å². The highest BCUT2D eigenvalue weighted by atomic mass is 16.5. The standard InChI is InChI=1S/C24H28N6O3/c31-22-4-3-20-24-29(23(32)13-27-20)15-19(30(22)24)14-28-7-5-17(6-8-28)25-11-18-10-16-2-1-9-33-21(16)12-26-18/h3-4,10,12-13,17,19,25H,1-2,5-9,11,14-15H2. The number of piperidine rings is 1. The molecule has 0 saturated carbocycles. The Morgan fingerprint density at radius 1 is 1.09 bits per heavy atom. The van der Waals surface area contributed by atoms with Gasteiger partial charge in [-0.2, -0.15) is 0 Å². The number of hydrogen-bond donors (Lipinski definition) is 1. The topological polar surface area (TPSA) is 94.3 Å². The monoisotopic (exact) mass is 448 g/mol. The summed E-state index contributed by atoms with van der Waals surface area (Å²) in [5.41, 5.74) is 3.47. The molecule has 3 aromatic rings. The summed E-state index contributed by atoms with van der Waals surface area (Å²) in [7, 11) is 0. The van der Waals surface area contributed by atoms with Crippen molar-refractivity contribution in [3.63, 3.8) is 0 Å². The highest BCUT2D eigenvalue weighted by Crippen LogP contribution is 2.25. The van der Waals surface area contributed by atoms with E-state index in [1.165, 1.54) is 11.8 Å². The van der Waals surface area contributed by atoms with Gasteiger partial charge in [-0.25, -0.2) is 4.98 Å². The number of ether oxygens (including phenoxy) is 1. The van der Waals surface area contributed by atoms with Crippen molar-refractivity contribution in [3.8, 4) is 5.75 Å². The third kappa shape index (κ3) is 3.85. The van der Waals surface area contributed by atoms with Crippen molar-refractivity contribution in [1.82, 2.24) is 29.3 Å². The first-order valence-corrected chi connectivity index (χ1v) is 11.8. The van der Waals surface area contributed by atoms with E-state index < -0.39 is 0 Å². The maximum atomic E-state index is 12.6. The van der Waals surface area contributed by atoms with E-state index in [0.717, 1.165) is 69.9 Å². The number of pyridine rings is 2. The highest BCUT2D eigenvalue weighted by molar-refractivity contribution is 5.71. The van der Waals surface area contributed by atoms with Gasteiger partial charge >= 0.3 is 0 Å². The smallest absolute Gasteiger partial charge is 0.270 e. The molecule has 3 aromatic heterocycles. The lowest BCUT2D eigenvalue weighted by Crippen LogP contribution is -2.44. The number of aromatic nitrogens is 4. The molecule has 9 heteroatoms. The van der Waals surface area contributed by atoms with Crippen LogP contribution < -0.4 is 21.2 Å². The molecule has 0 spiro atoms. The van der Waals surface area contributed by atoms with E-state index in [1.54, 1.807) is 21.3 Å². The zero-order valence-corrected chi connectivity index (χ0v) is 18.6. The van der Waals surface area contributed by atoms with Crippen LogP contribution >= 0.6 is 0 Å². The molecule has 0 aromatic carbocycles. The van der Waals surface area contributed by atoms with Crippen LogP contribution in [0.15, 0.2) is 40.2 Å². The number of nitrogens with zero attached hydrogens (tertiary/aromatic N) is 5. The number of aryl methyl sites for hydroxylation is 1. The van der Waals surface area contributed by atoms with Gasteiger partial charge in [0.05, 0.1) is 30.7 Å². The molecular weight excluding hydrogens is 420 g/mol. The van der Waals surface area contributed by atoms with E-state index in [4.69, 9.17) is 4.74 Å². The number of rotatable bonds is 5. The van der Waals surface area contributed by atoms with Crippen LogP contribution in [0.3, 0.4) is 0 Å². The lowest BCUT2D eigenvalue weighted by Gasteiger charge is -2.34. The molecule has 0 bridgehead atoms. The molecule has 3 aliphatic heterocycles. The molecule has 33 heavy (non-hydrogen) atoms. The second-order valence-electron chi connectivity index (χ2n) is 9.30. The summed E-state index contributed by atoms with van der Waals surface area (Å²) in [6, 6.07) is 5.84. The van der Waals surface area contributed by atoms with Crippen molar-refractivity contribution in [2.75, 3.05) is 26.2 Å². The van der Waals surface area contributed by atoms with Crippen LogP contribution in [0.4, 0.5) is 0 Å². The summed E-state index contributed by atoms with van der Waals surface area (Å²) in [5, 5.41) is 3.67. The zero-order chi connectivity index (χ0) is 22.4. The fourth-order valence-corrected chi connectivity index (χ4v) is 5.43. The second kappa shape index (κ2) is 8.39. The molecule has 1 atom stereocenters. The Balaban J connectivity index is 1.06. The van der Waals surface area contributed by atoms with Crippen molar-refractivity contribution in [2.24, 2.45) is 0 Å². The minimum atomic E-state index is -0.144. The van der Waals surface area contributed by atoms with Crippen LogP contribution in [-0.4, -0.2) is 56.3 Å². The van der Waals surface area contributed by atoms with E-state index >= 15 is 0 Å². The molecule has 9 nitrogen and oxygen atoms in total. The third-order valence-corrected chi connectivity index (χ3v) is 7.15. The van der Waals surface area contributed by atoms with Crippen LogP contribution in [0.2, 0.25) is 0 Å². The van der Waals surface area contributed by atoms with Crippen LogP contribution in [0.5, 0.6) is 5.75 Å². The summed E-state index contributed by atoms with van der Waals surface area (Å²) < 4.78 is 9.12. The number of hydrogen-bond acceptors (Lipinski definition) is 7. The number of likely N-dealkylation sites (tertiary alicyclic amines) is 1. The van der Waals surface area contributed by atoms with Crippen molar-refractivity contribution >= 4 is 11.2 Å². The predicted octanol–water partition coefficient (Wildman–Crippen LogP) is 1.09. The van der Waals surface area contributed by atoms with E-state index in [-0.39, 0.29) is 17.2 Å². The first-order valence-electron chi connectivity index (χ1n) is 11.8. The molecule has 1 N–H and O–H groups in total. The maximum Gasteiger partial charge on any atom is 0.270 e. The quantitative estimate of drug-likeness (QED) is 0.624. The normalized spacial score (nSPS) is 20.7. The van der Waals surface area contributed by atoms with Gasteiger partial charge in [-0.15, -0.1) is 0 Å². The Morgan fingerprint density at radius 2 is 1.97 bits per heavy atom. The van der Waals surface area contributed by atoms with Gasteiger partial charge in [0.2, 0.25) is 0 Å². The molecular formula is C24H28N6O3. The van der Waals surface area contributed by atoms with Crippen molar-refractivity contribution in [2.45, 2.75) is 50.9 Å². The van der Waals surface area contributed by atoms with Crippen molar-refractivity contribution in [1.29, 1.82) is 0 Å². The Morgan fingerprint density at radius 3 is 2.85 bits per heavy atom. The summed E-state index contributed by atoms with van der Waals surface area (Å²) in [5.74, 6) is 0.931. The Labute approximate surface area is 191 Å². The fourth-order valence-electron chi connectivity index (χ4n) is 5.43. The van der Waals surface area contributed by atoms with E-state index in [1.807, 2.05) is 6.20 Å². The first kappa shape index (κ1) is 20.6. The molecule has 3 aliphatic rings. The molecule has 0 aliphatic carbocycles. The van der Waals surface area contributed by atoms with Gasteiger partial charge in [0.15, 0.2) is 0 Å². The molecule has 0 amide bonds. The molecule has 6 rings (SSSR count). The lowest BCUT2D eigenvalue weighted by molar-refractivity contribution is 0.171. The molecule has 1 unspecified atom stereocenters. The Bertz CT molecular complexity index is 1300. The summed E-state index contributed by atoms with van der Waals surface area (Å²) in [6.45, 7) is 4.78. The maximum absolute atomic E-state index is 12.6. The molecule has 6 heterocycles. The van der Waals surface area contributed by atoms with Gasteiger partial charge in [-0.3, -0.25) is 23.7 Å². The summed E-state index contributed by atoms with van der Waals surface area (Å²) >= 11 is 0. The number of fused-ring (bicyclic) bond motifs is 1. The van der Waals surface area contributed by atoms with Gasteiger partial charge in [-0.05, 0) is 56.5 Å². The lowest BCUT2D eigenvalue weighted by atomic mass is 10.0. The predicted molar refractivity (Wildman–Crippen MR) is 124 cm³/mol. The Kier molecular flexibility index (Phi) is 5.22.